The molecule has 1 aliphatic rings. The molecule has 0 saturated carbocycles. The van der Waals surface area contributed by atoms with Crippen molar-refractivity contribution in [2.75, 3.05) is 13.7 Å². The minimum Gasteiger partial charge on any atom is -0.377 e. The molecule has 1 aliphatic heterocycles. The van der Waals surface area contributed by atoms with Crippen LogP contribution in [0.4, 0.5) is 0 Å². The zero-order valence-corrected chi connectivity index (χ0v) is 9.79. The molecule has 2 N–H and O–H groups in total. The minimum atomic E-state index is -0.409. The molecule has 0 radical (unpaired) electrons. The molecule has 0 aliphatic carbocycles. The van der Waals surface area contributed by atoms with E-state index in [0.29, 0.717) is 25.1 Å². The Balaban J connectivity index is 2.44. The first-order valence-corrected chi connectivity index (χ1v) is 5.13. The summed E-state index contributed by atoms with van der Waals surface area (Å²) in [4.78, 5) is 22.4. The van der Waals surface area contributed by atoms with Crippen molar-refractivity contribution in [1.29, 1.82) is 0 Å². The predicted octanol–water partition coefficient (Wildman–Crippen LogP) is -0.206. The smallest absolute Gasteiger partial charge is 0.267 e. The lowest BCUT2D eigenvalue weighted by atomic mass is 10.1. The number of hydrazone groups is 1. The highest BCUT2D eigenvalue weighted by Crippen LogP contribution is 2.05. The molecule has 0 atom stereocenters. The summed E-state index contributed by atoms with van der Waals surface area (Å²) in [5.41, 5.74) is 2.23. The summed E-state index contributed by atoms with van der Waals surface area (Å²) in [6.45, 7) is 4.14. The Bertz CT molecular complexity index is 323. The largest absolute Gasteiger partial charge is 0.377 e. The van der Waals surface area contributed by atoms with Gasteiger partial charge in [-0.1, -0.05) is 0 Å². The van der Waals surface area contributed by atoms with Crippen molar-refractivity contribution in [3.8, 4) is 0 Å². The summed E-state index contributed by atoms with van der Waals surface area (Å²) in [5, 5.41) is 6.41. The van der Waals surface area contributed by atoms with Crippen molar-refractivity contribution in [1.82, 2.24) is 10.7 Å². The second-order valence-corrected chi connectivity index (χ2v) is 4.24. The number of nitrogens with zero attached hydrogens (tertiary/aromatic N) is 1. The normalized spacial score (nSPS) is 16.4. The van der Waals surface area contributed by atoms with Gasteiger partial charge in [0, 0.05) is 26.5 Å². The second-order valence-electron chi connectivity index (χ2n) is 4.24. The van der Waals surface area contributed by atoms with Crippen molar-refractivity contribution in [2.24, 2.45) is 5.10 Å². The summed E-state index contributed by atoms with van der Waals surface area (Å²) in [5.74, 6) is -0.418. The van der Waals surface area contributed by atoms with Crippen molar-refractivity contribution in [3.63, 3.8) is 0 Å². The maximum absolute atomic E-state index is 11.6. The number of amides is 2. The van der Waals surface area contributed by atoms with E-state index in [1.165, 1.54) is 0 Å². The molecule has 0 aromatic heterocycles. The molecule has 16 heavy (non-hydrogen) atoms. The first-order chi connectivity index (χ1) is 7.44. The molecule has 0 saturated heterocycles. The lowest BCUT2D eigenvalue weighted by Crippen LogP contribution is -2.44. The zero-order valence-electron chi connectivity index (χ0n) is 9.79. The number of methoxy groups -OCH3 is 1. The summed E-state index contributed by atoms with van der Waals surface area (Å²) < 4.78 is 5.17. The van der Waals surface area contributed by atoms with Gasteiger partial charge in [0.25, 0.3) is 5.91 Å². The monoisotopic (exact) mass is 227 g/mol. The summed E-state index contributed by atoms with van der Waals surface area (Å²) >= 11 is 0. The van der Waals surface area contributed by atoms with E-state index in [9.17, 15) is 9.59 Å². The highest BCUT2D eigenvalue weighted by atomic mass is 16.5. The van der Waals surface area contributed by atoms with Gasteiger partial charge in [-0.05, 0) is 13.8 Å². The van der Waals surface area contributed by atoms with Gasteiger partial charge in [0.05, 0.1) is 5.60 Å². The molecule has 0 unspecified atom stereocenters. The minimum absolute atomic E-state index is 0.159. The van der Waals surface area contributed by atoms with Crippen LogP contribution in [0.1, 0.15) is 26.7 Å². The van der Waals surface area contributed by atoms with E-state index in [-0.39, 0.29) is 11.8 Å². The SMILES string of the molecule is COC(C)(C)CNC(=O)C1=NNC(=O)CC1. The van der Waals surface area contributed by atoms with Gasteiger partial charge in [-0.25, -0.2) is 5.43 Å². The third kappa shape index (κ3) is 3.62. The number of hydrogen-bond acceptors (Lipinski definition) is 4. The second kappa shape index (κ2) is 5.07. The molecule has 0 spiro atoms. The Labute approximate surface area is 94.4 Å². The van der Waals surface area contributed by atoms with Crippen LogP contribution in [0.15, 0.2) is 5.10 Å². The van der Waals surface area contributed by atoms with Gasteiger partial charge in [0.2, 0.25) is 5.91 Å². The molecule has 1 heterocycles. The molecule has 1 rings (SSSR count). The van der Waals surface area contributed by atoms with Gasteiger partial charge in [-0.15, -0.1) is 0 Å². The summed E-state index contributed by atoms with van der Waals surface area (Å²) in [7, 11) is 1.59. The molecule has 6 heteroatoms. The average Bonchev–Trinajstić information content (AvgIpc) is 2.27. The number of carbonyl (C=O) groups excluding carboxylic acids is 2. The van der Waals surface area contributed by atoms with Crippen LogP contribution in [-0.4, -0.2) is 36.8 Å². The third-order valence-corrected chi connectivity index (χ3v) is 2.39. The fourth-order valence-corrected chi connectivity index (χ4v) is 1.11. The number of nitrogens with one attached hydrogen (secondary N) is 2. The Kier molecular flexibility index (Phi) is 4.00. The quantitative estimate of drug-likeness (QED) is 0.697. The lowest BCUT2D eigenvalue weighted by Gasteiger charge is -2.23. The average molecular weight is 227 g/mol. The summed E-state index contributed by atoms with van der Waals surface area (Å²) in [6.07, 6.45) is 0.686. The van der Waals surface area contributed by atoms with E-state index in [0.717, 1.165) is 0 Å². The Morgan fingerprint density at radius 3 is 2.75 bits per heavy atom. The van der Waals surface area contributed by atoms with Gasteiger partial charge in [0.15, 0.2) is 0 Å². The van der Waals surface area contributed by atoms with Crippen LogP contribution in [0, 0.1) is 0 Å². The highest BCUT2D eigenvalue weighted by Gasteiger charge is 2.21. The summed E-state index contributed by atoms with van der Waals surface area (Å²) in [6, 6.07) is 0. The van der Waals surface area contributed by atoms with E-state index < -0.39 is 5.60 Å². The van der Waals surface area contributed by atoms with Gasteiger partial charge in [-0.3, -0.25) is 9.59 Å². The Morgan fingerprint density at radius 1 is 1.56 bits per heavy atom. The van der Waals surface area contributed by atoms with Crippen LogP contribution in [0.2, 0.25) is 0 Å². The first-order valence-electron chi connectivity index (χ1n) is 5.13. The molecule has 6 nitrogen and oxygen atoms in total. The highest BCUT2D eigenvalue weighted by molar-refractivity contribution is 6.39. The van der Waals surface area contributed by atoms with Crippen LogP contribution in [0.3, 0.4) is 0 Å². The van der Waals surface area contributed by atoms with E-state index in [2.05, 4.69) is 15.8 Å². The first kappa shape index (κ1) is 12.6. The van der Waals surface area contributed by atoms with E-state index in [4.69, 9.17) is 4.74 Å². The van der Waals surface area contributed by atoms with Gasteiger partial charge in [0.1, 0.15) is 5.71 Å². The number of rotatable bonds is 4. The van der Waals surface area contributed by atoms with Crippen molar-refractivity contribution >= 4 is 17.5 Å². The lowest BCUT2D eigenvalue weighted by molar-refractivity contribution is -0.121. The molecular formula is C10H17N3O3. The fraction of sp³-hybridized carbons (Fsp3) is 0.700. The van der Waals surface area contributed by atoms with Crippen LogP contribution in [-0.2, 0) is 14.3 Å². The topological polar surface area (TPSA) is 79.8 Å². The van der Waals surface area contributed by atoms with E-state index >= 15 is 0 Å². The molecule has 2 amide bonds. The zero-order chi connectivity index (χ0) is 12.2. The van der Waals surface area contributed by atoms with Crippen molar-refractivity contribution < 1.29 is 14.3 Å². The third-order valence-electron chi connectivity index (χ3n) is 2.39. The molecule has 0 aromatic rings. The Hall–Kier alpha value is -1.43. The van der Waals surface area contributed by atoms with E-state index in [1.807, 2.05) is 13.8 Å². The number of carbonyl (C=O) groups is 2. The van der Waals surface area contributed by atoms with Crippen molar-refractivity contribution in [3.05, 3.63) is 0 Å². The number of ether oxygens (including phenoxy) is 1. The van der Waals surface area contributed by atoms with Gasteiger partial charge >= 0.3 is 0 Å². The van der Waals surface area contributed by atoms with Gasteiger partial charge in [-0.2, -0.15) is 5.10 Å². The van der Waals surface area contributed by atoms with Gasteiger partial charge < -0.3 is 10.1 Å². The van der Waals surface area contributed by atoms with Crippen LogP contribution in [0.25, 0.3) is 0 Å². The number of hydrogen-bond donors (Lipinski definition) is 2. The maximum Gasteiger partial charge on any atom is 0.267 e. The predicted molar refractivity (Wildman–Crippen MR) is 58.9 cm³/mol. The van der Waals surface area contributed by atoms with E-state index in [1.54, 1.807) is 7.11 Å². The molecule has 0 fully saturated rings. The van der Waals surface area contributed by atoms with Crippen molar-refractivity contribution in [2.45, 2.75) is 32.3 Å². The fourth-order valence-electron chi connectivity index (χ4n) is 1.11. The molecular weight excluding hydrogens is 210 g/mol. The molecule has 0 aromatic carbocycles. The molecule has 90 valence electrons. The van der Waals surface area contributed by atoms with Crippen LogP contribution >= 0.6 is 0 Å². The maximum atomic E-state index is 11.6. The molecule has 0 bridgehead atoms. The Morgan fingerprint density at radius 2 is 2.25 bits per heavy atom. The van der Waals surface area contributed by atoms with Crippen LogP contribution < -0.4 is 10.7 Å². The standard InChI is InChI=1S/C10H17N3O3/c1-10(2,16-3)6-11-9(15)7-4-5-8(14)13-12-7/h4-6H2,1-3H3,(H,11,15)(H,13,14). The van der Waals surface area contributed by atoms with Crippen LogP contribution in [0.5, 0.6) is 0 Å².